The average Bonchev–Trinajstić information content (AvgIpc) is 0.852. The SMILES string of the molecule is CCCCCCCCCC/C=C\CCCCCCCCCCCCCCCCCCCCCCCCCCCC(=O)NC(COC1OC(CO)C(OC2OC(CO)C(O)C(O)C2O)C(O)C1O)C(O)CCCCCCCCCCCCCCCCCCCCCCCC. The third kappa shape index (κ3) is 47.4. The van der Waals surface area contributed by atoms with Crippen molar-refractivity contribution < 1.29 is 64.6 Å². The zero-order chi connectivity index (χ0) is 67.3. The molecular formula is C79H153NO13. The molecule has 93 heavy (non-hydrogen) atoms. The molecular weight excluding hydrogens is 1170 g/mol. The molecule has 552 valence electrons. The van der Waals surface area contributed by atoms with Crippen molar-refractivity contribution >= 4 is 5.91 Å². The van der Waals surface area contributed by atoms with Gasteiger partial charge in [0.2, 0.25) is 5.91 Å². The summed E-state index contributed by atoms with van der Waals surface area (Å²) in [6, 6.07) is -0.826. The van der Waals surface area contributed by atoms with Crippen molar-refractivity contribution in [3.8, 4) is 0 Å². The molecule has 0 radical (unpaired) electrons. The zero-order valence-electron chi connectivity index (χ0n) is 60.5. The lowest BCUT2D eigenvalue weighted by Crippen LogP contribution is -2.65. The summed E-state index contributed by atoms with van der Waals surface area (Å²) in [5, 5.41) is 87.8. The number of unbranched alkanes of at least 4 members (excludes halogenated alkanes) is 54. The molecule has 2 rings (SSSR count). The fourth-order valence-corrected chi connectivity index (χ4v) is 13.8. The second-order valence-electron chi connectivity index (χ2n) is 28.9. The molecule has 12 atom stereocenters. The van der Waals surface area contributed by atoms with Gasteiger partial charge in [-0.15, -0.1) is 0 Å². The maximum atomic E-state index is 13.4. The number of aliphatic hydroxyl groups excluding tert-OH is 8. The minimum absolute atomic E-state index is 0.196. The average molecular weight is 1330 g/mol. The van der Waals surface area contributed by atoms with Gasteiger partial charge in [0, 0.05) is 6.42 Å². The summed E-state index contributed by atoms with van der Waals surface area (Å²) in [6.07, 6.45) is 64.1. The molecule has 14 heteroatoms. The highest BCUT2D eigenvalue weighted by molar-refractivity contribution is 5.76. The zero-order valence-corrected chi connectivity index (χ0v) is 60.5. The van der Waals surface area contributed by atoms with Crippen molar-refractivity contribution in [2.24, 2.45) is 0 Å². The molecule has 9 N–H and O–H groups in total. The van der Waals surface area contributed by atoms with Crippen LogP contribution >= 0.6 is 0 Å². The number of ether oxygens (including phenoxy) is 4. The highest BCUT2D eigenvalue weighted by atomic mass is 16.7. The van der Waals surface area contributed by atoms with Gasteiger partial charge >= 0.3 is 0 Å². The van der Waals surface area contributed by atoms with Crippen LogP contribution in [0.3, 0.4) is 0 Å². The Hall–Kier alpha value is -1.27. The largest absolute Gasteiger partial charge is 0.394 e. The minimum Gasteiger partial charge on any atom is -0.394 e. The van der Waals surface area contributed by atoms with E-state index >= 15 is 0 Å². The first-order valence-corrected chi connectivity index (χ1v) is 40.4. The molecule has 2 saturated heterocycles. The highest BCUT2D eigenvalue weighted by Gasteiger charge is 2.51. The Morgan fingerprint density at radius 1 is 0.376 bits per heavy atom. The van der Waals surface area contributed by atoms with Crippen molar-refractivity contribution in [1.29, 1.82) is 0 Å². The molecule has 2 aliphatic rings. The lowest BCUT2D eigenvalue weighted by Gasteiger charge is -2.46. The van der Waals surface area contributed by atoms with E-state index in [2.05, 4.69) is 31.3 Å². The van der Waals surface area contributed by atoms with Crippen LogP contribution in [-0.4, -0.2) is 140 Å². The van der Waals surface area contributed by atoms with E-state index in [4.69, 9.17) is 18.9 Å². The normalized spacial score (nSPS) is 22.5. The van der Waals surface area contributed by atoms with E-state index in [1.807, 2.05) is 0 Å². The van der Waals surface area contributed by atoms with Crippen molar-refractivity contribution in [2.75, 3.05) is 19.8 Å². The Balaban J connectivity index is 1.57. The summed E-state index contributed by atoms with van der Waals surface area (Å²) in [7, 11) is 0. The van der Waals surface area contributed by atoms with Gasteiger partial charge in [-0.25, -0.2) is 0 Å². The predicted molar refractivity (Wildman–Crippen MR) is 383 cm³/mol. The van der Waals surface area contributed by atoms with Gasteiger partial charge in [-0.1, -0.05) is 360 Å². The molecule has 0 spiro atoms. The second kappa shape index (κ2) is 64.1. The molecule has 0 aliphatic carbocycles. The number of hydrogen-bond acceptors (Lipinski definition) is 13. The summed E-state index contributed by atoms with van der Waals surface area (Å²) >= 11 is 0. The van der Waals surface area contributed by atoms with Crippen LogP contribution < -0.4 is 5.32 Å². The van der Waals surface area contributed by atoms with Gasteiger partial charge < -0.3 is 65.1 Å². The fraction of sp³-hybridized carbons (Fsp3) is 0.962. The summed E-state index contributed by atoms with van der Waals surface area (Å²) in [4.78, 5) is 13.4. The number of carbonyl (C=O) groups excluding carboxylic acids is 1. The van der Waals surface area contributed by atoms with Crippen LogP contribution in [0.15, 0.2) is 12.2 Å². The third-order valence-corrected chi connectivity index (χ3v) is 20.2. The molecule has 1 amide bonds. The molecule has 0 aromatic carbocycles. The fourth-order valence-electron chi connectivity index (χ4n) is 13.8. The first kappa shape index (κ1) is 87.8. The monoisotopic (exact) mass is 1320 g/mol. The number of allylic oxidation sites excluding steroid dienone is 2. The minimum atomic E-state index is -1.78. The van der Waals surface area contributed by atoms with Crippen molar-refractivity contribution in [3.05, 3.63) is 12.2 Å². The van der Waals surface area contributed by atoms with E-state index in [9.17, 15) is 45.6 Å². The van der Waals surface area contributed by atoms with Gasteiger partial charge in [0.05, 0.1) is 32.0 Å². The number of amides is 1. The molecule has 2 heterocycles. The lowest BCUT2D eigenvalue weighted by atomic mass is 9.97. The van der Waals surface area contributed by atoms with Crippen LogP contribution in [-0.2, 0) is 23.7 Å². The summed E-state index contributed by atoms with van der Waals surface area (Å²) in [6.45, 7) is 2.93. The first-order valence-electron chi connectivity index (χ1n) is 40.4. The van der Waals surface area contributed by atoms with E-state index in [0.717, 1.165) is 51.4 Å². The van der Waals surface area contributed by atoms with Gasteiger partial charge in [0.25, 0.3) is 0 Å². The molecule has 12 unspecified atom stereocenters. The van der Waals surface area contributed by atoms with Crippen molar-refractivity contribution in [2.45, 2.75) is 466 Å². The van der Waals surface area contributed by atoms with E-state index in [1.54, 1.807) is 0 Å². The smallest absolute Gasteiger partial charge is 0.220 e. The lowest BCUT2D eigenvalue weighted by molar-refractivity contribution is -0.359. The Bertz CT molecular complexity index is 1610. The summed E-state index contributed by atoms with van der Waals surface area (Å²) < 4.78 is 23.0. The highest BCUT2D eigenvalue weighted by Crippen LogP contribution is 2.30. The van der Waals surface area contributed by atoms with E-state index in [0.29, 0.717) is 12.8 Å². The molecule has 0 bridgehead atoms. The molecule has 0 saturated carbocycles. The summed E-state index contributed by atoms with van der Waals surface area (Å²) in [5.41, 5.74) is 0. The van der Waals surface area contributed by atoms with E-state index in [-0.39, 0.29) is 12.5 Å². The number of rotatable bonds is 69. The molecule has 0 aromatic rings. The summed E-state index contributed by atoms with van der Waals surface area (Å²) in [5.74, 6) is -0.196. The second-order valence-corrected chi connectivity index (χ2v) is 28.9. The van der Waals surface area contributed by atoms with Crippen LogP contribution in [0.5, 0.6) is 0 Å². The number of aliphatic hydroxyl groups is 8. The number of hydrogen-bond donors (Lipinski definition) is 9. The molecule has 0 aromatic heterocycles. The predicted octanol–water partition coefficient (Wildman–Crippen LogP) is 18.1. The molecule has 14 nitrogen and oxygen atoms in total. The maximum absolute atomic E-state index is 13.4. The molecule has 2 aliphatic heterocycles. The van der Waals surface area contributed by atoms with Crippen LogP contribution in [0.1, 0.15) is 393 Å². The third-order valence-electron chi connectivity index (χ3n) is 20.2. The van der Waals surface area contributed by atoms with Gasteiger partial charge in [-0.2, -0.15) is 0 Å². The van der Waals surface area contributed by atoms with Crippen molar-refractivity contribution in [3.63, 3.8) is 0 Å². The van der Waals surface area contributed by atoms with Crippen LogP contribution in [0, 0.1) is 0 Å². The Morgan fingerprint density at radius 2 is 0.677 bits per heavy atom. The maximum Gasteiger partial charge on any atom is 0.220 e. The van der Waals surface area contributed by atoms with Crippen LogP contribution in [0.25, 0.3) is 0 Å². The van der Waals surface area contributed by atoms with Crippen LogP contribution in [0.4, 0.5) is 0 Å². The standard InChI is InChI=1S/C79H153NO13/c1-3-5-7-9-11-13-15-17-19-21-23-25-27-28-29-30-31-32-33-34-35-36-37-38-39-40-41-43-45-47-49-51-53-55-57-59-61-63-71(84)80-67(66-90-78-76(89)74(87)77(70(65-82)92-78)93-79-75(88)73(86)72(85)69(64-81)91-79)68(83)62-60-58-56-54-52-50-48-46-44-42-26-24-22-20-18-16-14-12-10-8-6-4-2/h21,23,67-70,72-79,81-83,85-89H,3-20,22,24-66H2,1-2H3,(H,80,84)/b23-21-. The van der Waals surface area contributed by atoms with Gasteiger partial charge in [0.1, 0.15) is 48.8 Å². The Labute approximate surface area is 571 Å². The van der Waals surface area contributed by atoms with Gasteiger partial charge in [-0.3, -0.25) is 4.79 Å². The topological polar surface area (TPSA) is 228 Å². The molecule has 2 fully saturated rings. The van der Waals surface area contributed by atoms with Crippen molar-refractivity contribution in [1.82, 2.24) is 5.32 Å². The first-order chi connectivity index (χ1) is 45.6. The Kier molecular flexibility index (Phi) is 60.6. The van der Waals surface area contributed by atoms with Gasteiger partial charge in [0.15, 0.2) is 12.6 Å². The van der Waals surface area contributed by atoms with Gasteiger partial charge in [-0.05, 0) is 38.5 Å². The van der Waals surface area contributed by atoms with E-state index in [1.165, 1.54) is 315 Å². The number of carbonyl (C=O) groups is 1. The number of nitrogens with one attached hydrogen (secondary N) is 1. The van der Waals surface area contributed by atoms with Crippen LogP contribution in [0.2, 0.25) is 0 Å². The Morgan fingerprint density at radius 3 is 1.02 bits per heavy atom. The quantitative estimate of drug-likeness (QED) is 0.0204. The van der Waals surface area contributed by atoms with E-state index < -0.39 is 86.8 Å².